The lowest BCUT2D eigenvalue weighted by atomic mass is 9.84. The van der Waals surface area contributed by atoms with Gasteiger partial charge in [-0.2, -0.15) is 0 Å². The van der Waals surface area contributed by atoms with Crippen LogP contribution in [0.15, 0.2) is 43.0 Å². The fourth-order valence-electron chi connectivity index (χ4n) is 2.15. The van der Waals surface area contributed by atoms with Gasteiger partial charge in [0.2, 0.25) is 0 Å². The van der Waals surface area contributed by atoms with Crippen molar-refractivity contribution in [2.45, 2.75) is 26.2 Å². The number of aryl methyl sites for hydroxylation is 1. The third-order valence-corrected chi connectivity index (χ3v) is 3.56. The highest BCUT2D eigenvalue weighted by molar-refractivity contribution is 5.14. The van der Waals surface area contributed by atoms with Crippen molar-refractivity contribution in [1.29, 1.82) is 0 Å². The lowest BCUT2D eigenvalue weighted by molar-refractivity contribution is 0.195. The van der Waals surface area contributed by atoms with Gasteiger partial charge in [-0.3, -0.25) is 0 Å². The van der Waals surface area contributed by atoms with E-state index in [1.807, 2.05) is 0 Å². The molecule has 1 N–H and O–H groups in total. The molecule has 106 valence electrons. The Morgan fingerprint density at radius 1 is 1.32 bits per heavy atom. The van der Waals surface area contributed by atoms with Crippen molar-refractivity contribution in [2.24, 2.45) is 5.41 Å². The Labute approximate surface area is 117 Å². The monoisotopic (exact) mass is 261 g/mol. The molecular formula is C17H27NO. The van der Waals surface area contributed by atoms with Crippen molar-refractivity contribution >= 4 is 0 Å². The molecule has 19 heavy (non-hydrogen) atoms. The first-order valence-corrected chi connectivity index (χ1v) is 7.07. The van der Waals surface area contributed by atoms with Gasteiger partial charge in [0, 0.05) is 20.2 Å². The molecule has 0 radical (unpaired) electrons. The largest absolute Gasteiger partial charge is 0.383 e. The van der Waals surface area contributed by atoms with Crippen molar-refractivity contribution in [3.63, 3.8) is 0 Å². The second-order valence-corrected chi connectivity index (χ2v) is 5.37. The molecule has 1 unspecified atom stereocenters. The minimum Gasteiger partial charge on any atom is -0.383 e. The van der Waals surface area contributed by atoms with E-state index in [-0.39, 0.29) is 5.41 Å². The molecule has 1 aromatic carbocycles. The van der Waals surface area contributed by atoms with E-state index < -0.39 is 0 Å². The SMILES string of the molecule is C=CC(C)(CCCc1ccccc1)CNCCOC. The van der Waals surface area contributed by atoms with Gasteiger partial charge in [0.25, 0.3) is 0 Å². The Bertz CT molecular complexity index is 350. The van der Waals surface area contributed by atoms with Crippen LogP contribution in [0.25, 0.3) is 0 Å². The molecule has 0 amide bonds. The van der Waals surface area contributed by atoms with Crippen LogP contribution >= 0.6 is 0 Å². The van der Waals surface area contributed by atoms with Gasteiger partial charge in [-0.15, -0.1) is 6.58 Å². The lowest BCUT2D eigenvalue weighted by Gasteiger charge is -2.26. The molecule has 0 aliphatic heterocycles. The summed E-state index contributed by atoms with van der Waals surface area (Å²) in [6.45, 7) is 8.88. The molecule has 0 saturated carbocycles. The summed E-state index contributed by atoms with van der Waals surface area (Å²) >= 11 is 0. The van der Waals surface area contributed by atoms with Crippen LogP contribution in [0.3, 0.4) is 0 Å². The van der Waals surface area contributed by atoms with Gasteiger partial charge < -0.3 is 10.1 Å². The van der Waals surface area contributed by atoms with Gasteiger partial charge >= 0.3 is 0 Å². The minimum atomic E-state index is 0.169. The number of rotatable bonds is 10. The summed E-state index contributed by atoms with van der Waals surface area (Å²) in [5.74, 6) is 0. The van der Waals surface area contributed by atoms with E-state index in [1.54, 1.807) is 7.11 Å². The molecule has 2 nitrogen and oxygen atoms in total. The number of methoxy groups -OCH3 is 1. The van der Waals surface area contributed by atoms with Gasteiger partial charge in [-0.05, 0) is 30.2 Å². The van der Waals surface area contributed by atoms with Gasteiger partial charge in [-0.1, -0.05) is 43.3 Å². The molecule has 1 rings (SSSR count). The quantitative estimate of drug-likeness (QED) is 0.514. The molecule has 0 heterocycles. The summed E-state index contributed by atoms with van der Waals surface area (Å²) in [4.78, 5) is 0. The highest BCUT2D eigenvalue weighted by atomic mass is 16.5. The average Bonchev–Trinajstić information content (AvgIpc) is 2.45. The molecule has 1 aromatic rings. The smallest absolute Gasteiger partial charge is 0.0587 e. The Morgan fingerprint density at radius 3 is 2.68 bits per heavy atom. The molecular weight excluding hydrogens is 234 g/mol. The van der Waals surface area contributed by atoms with Crippen LogP contribution in [0.2, 0.25) is 0 Å². The van der Waals surface area contributed by atoms with Gasteiger partial charge in [0.05, 0.1) is 6.61 Å². The van der Waals surface area contributed by atoms with Crippen LogP contribution in [0, 0.1) is 5.41 Å². The van der Waals surface area contributed by atoms with Crippen LogP contribution in [-0.4, -0.2) is 26.8 Å². The summed E-state index contributed by atoms with van der Waals surface area (Å²) in [7, 11) is 1.73. The fraction of sp³-hybridized carbons (Fsp3) is 0.529. The van der Waals surface area contributed by atoms with Crippen LogP contribution in [0.5, 0.6) is 0 Å². The van der Waals surface area contributed by atoms with E-state index >= 15 is 0 Å². The highest BCUT2D eigenvalue weighted by Crippen LogP contribution is 2.24. The fourth-order valence-corrected chi connectivity index (χ4v) is 2.15. The third kappa shape index (κ3) is 6.55. The van der Waals surface area contributed by atoms with E-state index in [9.17, 15) is 0 Å². The maximum atomic E-state index is 5.04. The Morgan fingerprint density at radius 2 is 2.05 bits per heavy atom. The number of hydrogen-bond donors (Lipinski definition) is 1. The van der Waals surface area contributed by atoms with E-state index in [0.717, 1.165) is 32.5 Å². The predicted molar refractivity (Wildman–Crippen MR) is 82.4 cm³/mol. The third-order valence-electron chi connectivity index (χ3n) is 3.56. The minimum absolute atomic E-state index is 0.169. The predicted octanol–water partition coefficient (Wildman–Crippen LogP) is 3.44. The lowest BCUT2D eigenvalue weighted by Crippen LogP contribution is -2.32. The van der Waals surface area contributed by atoms with Crippen molar-refractivity contribution < 1.29 is 4.74 Å². The van der Waals surface area contributed by atoms with Crippen molar-refractivity contribution in [2.75, 3.05) is 26.8 Å². The van der Waals surface area contributed by atoms with Crippen LogP contribution in [0.1, 0.15) is 25.3 Å². The zero-order valence-electron chi connectivity index (χ0n) is 12.3. The van der Waals surface area contributed by atoms with Gasteiger partial charge in [0.1, 0.15) is 0 Å². The van der Waals surface area contributed by atoms with Crippen LogP contribution in [-0.2, 0) is 11.2 Å². The molecule has 0 fully saturated rings. The van der Waals surface area contributed by atoms with E-state index in [4.69, 9.17) is 4.74 Å². The van der Waals surface area contributed by atoms with Crippen LogP contribution < -0.4 is 5.32 Å². The van der Waals surface area contributed by atoms with E-state index in [1.165, 1.54) is 12.0 Å². The maximum absolute atomic E-state index is 5.04. The molecule has 0 spiro atoms. The average molecular weight is 261 g/mol. The topological polar surface area (TPSA) is 21.3 Å². The zero-order chi connectivity index (χ0) is 14.0. The zero-order valence-corrected chi connectivity index (χ0v) is 12.3. The van der Waals surface area contributed by atoms with E-state index in [0.29, 0.717) is 0 Å². The Hall–Kier alpha value is -1.12. The van der Waals surface area contributed by atoms with Crippen molar-refractivity contribution in [3.05, 3.63) is 48.6 Å². The first-order chi connectivity index (χ1) is 9.20. The van der Waals surface area contributed by atoms with Crippen LogP contribution in [0.4, 0.5) is 0 Å². The summed E-state index contributed by atoms with van der Waals surface area (Å²) < 4.78 is 5.04. The molecule has 2 heteroatoms. The first-order valence-electron chi connectivity index (χ1n) is 7.07. The molecule has 0 bridgehead atoms. The Kier molecular flexibility index (Phi) is 7.46. The van der Waals surface area contributed by atoms with Crippen molar-refractivity contribution in [3.8, 4) is 0 Å². The second-order valence-electron chi connectivity index (χ2n) is 5.37. The normalized spacial score (nSPS) is 14.0. The van der Waals surface area contributed by atoms with Gasteiger partial charge in [-0.25, -0.2) is 0 Å². The highest BCUT2D eigenvalue weighted by Gasteiger charge is 2.18. The molecule has 0 aliphatic carbocycles. The number of ether oxygens (including phenoxy) is 1. The maximum Gasteiger partial charge on any atom is 0.0587 e. The summed E-state index contributed by atoms with van der Waals surface area (Å²) in [5.41, 5.74) is 1.59. The standard InChI is InChI=1S/C17H27NO/c1-4-17(2,15-18-13-14-19-3)12-8-11-16-9-6-5-7-10-16/h4-7,9-10,18H,1,8,11-15H2,2-3H3. The summed E-state index contributed by atoms with van der Waals surface area (Å²) in [6, 6.07) is 10.7. The second kappa shape index (κ2) is 8.89. The number of hydrogen-bond acceptors (Lipinski definition) is 2. The Balaban J connectivity index is 2.28. The number of benzene rings is 1. The van der Waals surface area contributed by atoms with Crippen molar-refractivity contribution in [1.82, 2.24) is 5.32 Å². The molecule has 0 saturated heterocycles. The molecule has 1 atom stereocenters. The summed E-state index contributed by atoms with van der Waals surface area (Å²) in [5, 5.41) is 3.43. The molecule has 0 aliphatic rings. The summed E-state index contributed by atoms with van der Waals surface area (Å²) in [6.07, 6.45) is 5.57. The van der Waals surface area contributed by atoms with E-state index in [2.05, 4.69) is 55.2 Å². The van der Waals surface area contributed by atoms with Gasteiger partial charge in [0.15, 0.2) is 0 Å². The molecule has 0 aromatic heterocycles. The first kappa shape index (κ1) is 15.9. The number of nitrogens with one attached hydrogen (secondary N) is 1.